The van der Waals surface area contributed by atoms with Crippen LogP contribution < -0.4 is 5.69 Å². The minimum absolute atomic E-state index is 0.0897. The molecule has 1 amide bonds. The van der Waals surface area contributed by atoms with E-state index in [1.54, 1.807) is 23.0 Å². The number of rotatable bonds is 10. The fraction of sp³-hybridized carbons (Fsp3) is 0.333. The Bertz CT molecular complexity index is 1510. The van der Waals surface area contributed by atoms with Gasteiger partial charge in [-0.1, -0.05) is 66.6 Å². The van der Waals surface area contributed by atoms with Gasteiger partial charge in [-0.05, 0) is 68.3 Å². The lowest BCUT2D eigenvalue weighted by Gasteiger charge is -2.22. The fourth-order valence-electron chi connectivity index (χ4n) is 4.95. The van der Waals surface area contributed by atoms with Crippen LogP contribution in [0, 0.1) is 5.92 Å². The number of hydrogen-bond donors (Lipinski definition) is 0. The van der Waals surface area contributed by atoms with Crippen molar-refractivity contribution in [2.75, 3.05) is 14.2 Å². The predicted octanol–water partition coefficient (Wildman–Crippen LogP) is 7.05. The molecule has 0 N–H and O–H groups in total. The molecule has 1 aromatic carbocycles. The largest absolute Gasteiger partial charge is 0.329 e. The molecule has 1 aliphatic carbocycles. The monoisotopic (exact) mass is 557 g/mol. The number of fused-ring (bicyclic) bond motifs is 1. The second-order valence-corrected chi connectivity index (χ2v) is 11.5. The summed E-state index contributed by atoms with van der Waals surface area (Å²) in [6, 6.07) is 14.1. The van der Waals surface area contributed by atoms with E-state index in [-0.39, 0.29) is 17.5 Å². The van der Waals surface area contributed by atoms with Gasteiger partial charge in [0.05, 0.1) is 25.0 Å². The summed E-state index contributed by atoms with van der Waals surface area (Å²) in [5.41, 5.74) is 6.55. The summed E-state index contributed by atoms with van der Waals surface area (Å²) >= 11 is 1.63. The molecule has 3 aromatic rings. The number of allylic oxidation sites excluding steroid dienone is 5. The molecule has 0 radical (unpaired) electrons. The number of carbonyl (C=O) groups is 1. The molecule has 2 aromatic heterocycles. The topological polar surface area (TPSA) is 56.5 Å². The van der Waals surface area contributed by atoms with Gasteiger partial charge in [0.2, 0.25) is 0 Å². The molecule has 40 heavy (non-hydrogen) atoms. The maximum atomic E-state index is 14.0. The quantitative estimate of drug-likeness (QED) is 0.198. The van der Waals surface area contributed by atoms with Crippen LogP contribution in [-0.4, -0.2) is 34.3 Å². The van der Waals surface area contributed by atoms with Gasteiger partial charge in [0, 0.05) is 30.0 Å². The van der Waals surface area contributed by atoms with Crippen molar-refractivity contribution in [3.05, 3.63) is 109 Å². The van der Waals surface area contributed by atoms with E-state index in [0.717, 1.165) is 40.2 Å². The highest BCUT2D eigenvalue weighted by molar-refractivity contribution is 7.09. The normalized spacial score (nSPS) is 15.2. The Labute approximate surface area is 241 Å². The molecule has 0 unspecified atom stereocenters. The first-order chi connectivity index (χ1) is 19.2. The second kappa shape index (κ2) is 13.1. The van der Waals surface area contributed by atoms with Gasteiger partial charge in [-0.25, -0.2) is 9.86 Å². The van der Waals surface area contributed by atoms with Crippen molar-refractivity contribution in [2.24, 2.45) is 5.92 Å². The molecule has 7 heteroatoms. The van der Waals surface area contributed by atoms with Gasteiger partial charge in [0.1, 0.15) is 0 Å². The maximum Gasteiger partial charge on any atom is 0.329 e. The van der Waals surface area contributed by atoms with E-state index >= 15 is 0 Å². The summed E-state index contributed by atoms with van der Waals surface area (Å²) in [4.78, 5) is 34.0. The van der Waals surface area contributed by atoms with Gasteiger partial charge in [-0.15, -0.1) is 11.3 Å². The van der Waals surface area contributed by atoms with Gasteiger partial charge in [-0.3, -0.25) is 18.8 Å². The van der Waals surface area contributed by atoms with Crippen LogP contribution in [0.4, 0.5) is 0 Å². The molecule has 0 bridgehead atoms. The van der Waals surface area contributed by atoms with Crippen LogP contribution in [0.2, 0.25) is 0 Å². The molecule has 1 atom stereocenters. The van der Waals surface area contributed by atoms with Crippen LogP contribution in [0.25, 0.3) is 17.7 Å². The SMILES string of the molecule is CON(C)C(=O)C1=Cc2c(n(Cc3cccs3)c(=O)n2C/C=C(\C)CCC=C(C)C)C=C(c2ccccc2)[C@H]1C. The van der Waals surface area contributed by atoms with Crippen LogP contribution in [-0.2, 0) is 22.7 Å². The van der Waals surface area contributed by atoms with Crippen LogP contribution in [0.15, 0.2) is 81.5 Å². The van der Waals surface area contributed by atoms with Crippen molar-refractivity contribution >= 4 is 35.0 Å². The lowest BCUT2D eigenvalue weighted by atomic mass is 9.87. The van der Waals surface area contributed by atoms with Gasteiger partial charge < -0.3 is 0 Å². The highest BCUT2D eigenvalue weighted by atomic mass is 32.1. The molecule has 0 fully saturated rings. The van der Waals surface area contributed by atoms with Crippen molar-refractivity contribution in [1.29, 1.82) is 0 Å². The molecular formula is C33H39N3O3S. The zero-order valence-corrected chi connectivity index (χ0v) is 25.1. The highest BCUT2D eigenvalue weighted by Crippen LogP contribution is 2.37. The van der Waals surface area contributed by atoms with Crippen molar-refractivity contribution in [2.45, 2.75) is 53.6 Å². The minimum Gasteiger partial charge on any atom is -0.288 e. The predicted molar refractivity (Wildman–Crippen MR) is 166 cm³/mol. The first kappa shape index (κ1) is 29.3. The Balaban J connectivity index is 1.91. The van der Waals surface area contributed by atoms with E-state index in [0.29, 0.717) is 18.7 Å². The average Bonchev–Trinajstić information content (AvgIpc) is 3.50. The molecule has 0 aliphatic heterocycles. The lowest BCUT2D eigenvalue weighted by Crippen LogP contribution is -2.30. The molecule has 0 saturated heterocycles. The Morgan fingerprint density at radius 3 is 2.40 bits per heavy atom. The van der Waals surface area contributed by atoms with E-state index in [9.17, 15) is 9.59 Å². The molecule has 0 spiro atoms. The maximum absolute atomic E-state index is 14.0. The Morgan fingerprint density at radius 1 is 1.02 bits per heavy atom. The number of carbonyl (C=O) groups excluding carboxylic acids is 1. The molecule has 6 nitrogen and oxygen atoms in total. The third-order valence-corrected chi connectivity index (χ3v) is 8.21. The van der Waals surface area contributed by atoms with Crippen LogP contribution >= 0.6 is 11.3 Å². The number of imidazole rings is 1. The van der Waals surface area contributed by atoms with E-state index < -0.39 is 0 Å². The summed E-state index contributed by atoms with van der Waals surface area (Å²) in [5.74, 6) is -0.455. The fourth-order valence-corrected chi connectivity index (χ4v) is 5.64. The number of thiophene rings is 1. The molecule has 2 heterocycles. The minimum atomic E-state index is -0.233. The third kappa shape index (κ3) is 6.54. The zero-order valence-electron chi connectivity index (χ0n) is 24.3. The number of hydrogen-bond acceptors (Lipinski definition) is 4. The number of aromatic nitrogens is 2. The summed E-state index contributed by atoms with van der Waals surface area (Å²) in [6.07, 6.45) is 10.3. The molecule has 4 rings (SSSR count). The second-order valence-electron chi connectivity index (χ2n) is 10.5. The summed E-state index contributed by atoms with van der Waals surface area (Å²) < 4.78 is 3.64. The van der Waals surface area contributed by atoms with Crippen LogP contribution in [0.5, 0.6) is 0 Å². The number of hydroxylamine groups is 2. The van der Waals surface area contributed by atoms with Crippen LogP contribution in [0.3, 0.4) is 0 Å². The highest BCUT2D eigenvalue weighted by Gasteiger charge is 2.30. The Kier molecular flexibility index (Phi) is 9.61. The van der Waals surface area contributed by atoms with E-state index in [4.69, 9.17) is 4.84 Å². The van der Waals surface area contributed by atoms with Gasteiger partial charge in [0.25, 0.3) is 5.91 Å². The summed E-state index contributed by atoms with van der Waals surface area (Å²) in [6.45, 7) is 9.26. The molecule has 0 saturated carbocycles. The van der Waals surface area contributed by atoms with E-state index in [1.807, 2.05) is 65.4 Å². The smallest absolute Gasteiger partial charge is 0.288 e. The van der Waals surface area contributed by atoms with Gasteiger partial charge in [0.15, 0.2) is 0 Å². The first-order valence-electron chi connectivity index (χ1n) is 13.7. The number of benzene rings is 1. The lowest BCUT2D eigenvalue weighted by molar-refractivity contribution is -0.164. The van der Waals surface area contributed by atoms with Gasteiger partial charge >= 0.3 is 5.69 Å². The Hall–Kier alpha value is -3.68. The van der Waals surface area contributed by atoms with E-state index in [1.165, 1.54) is 23.3 Å². The molecular weight excluding hydrogens is 518 g/mol. The molecule has 210 valence electrons. The standard InChI is InChI=1S/C33H39N3O3S/c1-23(2)12-10-13-24(3)17-18-35-30-21-29(32(37)34(5)39-6)25(4)28(26-14-8-7-9-15-26)20-31(30)36(33(35)38)22-27-16-11-19-40-27/h7-9,11-12,14-17,19-21,25H,10,13,18,22H2,1-6H3/b24-17+/t25-/m1/s1. The average molecular weight is 558 g/mol. The number of amides is 1. The van der Waals surface area contributed by atoms with Gasteiger partial charge in [-0.2, -0.15) is 0 Å². The van der Waals surface area contributed by atoms with Crippen LogP contribution in [0.1, 0.15) is 62.4 Å². The van der Waals surface area contributed by atoms with Crippen molar-refractivity contribution in [1.82, 2.24) is 14.2 Å². The summed E-state index contributed by atoms with van der Waals surface area (Å²) in [7, 11) is 3.09. The summed E-state index contributed by atoms with van der Waals surface area (Å²) in [5, 5.41) is 3.27. The van der Waals surface area contributed by atoms with Crippen molar-refractivity contribution < 1.29 is 9.63 Å². The Morgan fingerprint density at radius 2 is 1.75 bits per heavy atom. The third-order valence-electron chi connectivity index (χ3n) is 7.34. The van der Waals surface area contributed by atoms with E-state index in [2.05, 4.69) is 39.0 Å². The first-order valence-corrected chi connectivity index (χ1v) is 14.5. The van der Waals surface area contributed by atoms with Crippen molar-refractivity contribution in [3.8, 4) is 0 Å². The zero-order chi connectivity index (χ0) is 28.8. The van der Waals surface area contributed by atoms with Crippen molar-refractivity contribution in [3.63, 3.8) is 0 Å². The number of likely N-dealkylation sites (N-methyl/N-ethyl adjacent to an activating group) is 1. The molecule has 1 aliphatic rings. The number of nitrogens with zero attached hydrogens (tertiary/aromatic N) is 3.